The zero-order valence-corrected chi connectivity index (χ0v) is 14.6. The summed E-state index contributed by atoms with van der Waals surface area (Å²) in [7, 11) is 1.46. The van der Waals surface area contributed by atoms with Crippen molar-refractivity contribution in [1.82, 2.24) is 5.32 Å². The van der Waals surface area contributed by atoms with Gasteiger partial charge in [0.2, 0.25) is 5.91 Å². The number of anilines is 2. The molecule has 1 saturated carbocycles. The maximum atomic E-state index is 12.0. The van der Waals surface area contributed by atoms with Crippen LogP contribution in [0.1, 0.15) is 38.5 Å². The molecule has 0 aliphatic heterocycles. The van der Waals surface area contributed by atoms with Crippen molar-refractivity contribution in [1.29, 1.82) is 0 Å². The summed E-state index contributed by atoms with van der Waals surface area (Å²) in [6, 6.07) is 6.43. The van der Waals surface area contributed by atoms with Crippen molar-refractivity contribution >= 4 is 23.3 Å². The van der Waals surface area contributed by atoms with Crippen LogP contribution in [0.2, 0.25) is 0 Å². The smallest absolute Gasteiger partial charge is 0.319 e. The number of nitrogens with one attached hydrogen (secondary N) is 3. The van der Waals surface area contributed by atoms with Gasteiger partial charge in [-0.15, -0.1) is 0 Å². The third-order valence-electron chi connectivity index (χ3n) is 4.31. The van der Waals surface area contributed by atoms with Crippen LogP contribution in [0.5, 0.6) is 0 Å². The summed E-state index contributed by atoms with van der Waals surface area (Å²) >= 11 is 0. The number of rotatable bonds is 6. The van der Waals surface area contributed by atoms with E-state index in [-0.39, 0.29) is 25.1 Å². The van der Waals surface area contributed by atoms with Gasteiger partial charge in [-0.3, -0.25) is 4.79 Å². The average Bonchev–Trinajstić information content (AvgIpc) is 2.80. The van der Waals surface area contributed by atoms with E-state index in [2.05, 4.69) is 16.0 Å². The summed E-state index contributed by atoms with van der Waals surface area (Å²) in [6.45, 7) is 0.245. The van der Waals surface area contributed by atoms with Crippen molar-refractivity contribution in [2.75, 3.05) is 30.9 Å². The van der Waals surface area contributed by atoms with Crippen molar-refractivity contribution in [3.63, 3.8) is 0 Å². The van der Waals surface area contributed by atoms with Gasteiger partial charge in [0.05, 0.1) is 5.60 Å². The Morgan fingerprint density at radius 3 is 2.16 bits per heavy atom. The number of amides is 3. The van der Waals surface area contributed by atoms with Crippen molar-refractivity contribution < 1.29 is 19.4 Å². The minimum absolute atomic E-state index is 0.00861. The molecule has 25 heavy (non-hydrogen) atoms. The Balaban J connectivity index is 1.79. The van der Waals surface area contributed by atoms with E-state index < -0.39 is 5.60 Å². The first kappa shape index (κ1) is 19.2. The van der Waals surface area contributed by atoms with Crippen LogP contribution in [0.25, 0.3) is 0 Å². The molecule has 0 bridgehead atoms. The normalized spacial score (nSPS) is 16.6. The van der Waals surface area contributed by atoms with Crippen LogP contribution in [-0.2, 0) is 9.53 Å². The number of methoxy groups -OCH3 is 1. The molecule has 0 atom stereocenters. The van der Waals surface area contributed by atoms with Gasteiger partial charge in [-0.2, -0.15) is 0 Å². The van der Waals surface area contributed by atoms with Gasteiger partial charge in [0, 0.05) is 25.0 Å². The van der Waals surface area contributed by atoms with Crippen LogP contribution in [0.15, 0.2) is 24.3 Å². The van der Waals surface area contributed by atoms with E-state index in [9.17, 15) is 14.7 Å². The molecule has 0 aromatic heterocycles. The number of hydrogen-bond acceptors (Lipinski definition) is 4. The van der Waals surface area contributed by atoms with Gasteiger partial charge in [0.15, 0.2) is 0 Å². The number of benzene rings is 1. The molecule has 138 valence electrons. The van der Waals surface area contributed by atoms with Crippen LogP contribution in [0.4, 0.5) is 16.2 Å². The van der Waals surface area contributed by atoms with Crippen molar-refractivity contribution in [3.05, 3.63) is 24.3 Å². The van der Waals surface area contributed by atoms with Crippen molar-refractivity contribution in [2.24, 2.45) is 0 Å². The first-order valence-electron chi connectivity index (χ1n) is 8.67. The fraction of sp³-hybridized carbons (Fsp3) is 0.556. The molecule has 1 aliphatic rings. The number of urea groups is 1. The fourth-order valence-electron chi connectivity index (χ4n) is 2.95. The molecule has 1 aromatic carbocycles. The second-order valence-corrected chi connectivity index (χ2v) is 6.50. The third kappa shape index (κ3) is 6.72. The molecule has 0 saturated heterocycles. The summed E-state index contributed by atoms with van der Waals surface area (Å²) in [5, 5.41) is 18.7. The first-order chi connectivity index (χ1) is 12.0. The van der Waals surface area contributed by atoms with E-state index in [1.807, 2.05) is 0 Å². The molecule has 0 radical (unpaired) electrons. The maximum absolute atomic E-state index is 12.0. The summed E-state index contributed by atoms with van der Waals surface area (Å²) in [5.74, 6) is -0.238. The van der Waals surface area contributed by atoms with Crippen molar-refractivity contribution in [2.45, 2.75) is 44.1 Å². The molecule has 7 nitrogen and oxygen atoms in total. The molecule has 7 heteroatoms. The molecule has 2 rings (SSSR count). The van der Waals surface area contributed by atoms with Crippen molar-refractivity contribution in [3.8, 4) is 0 Å². The van der Waals surface area contributed by atoms with Crippen LogP contribution in [0, 0.1) is 0 Å². The fourth-order valence-corrected chi connectivity index (χ4v) is 2.95. The van der Waals surface area contributed by atoms with Gasteiger partial charge in [0.25, 0.3) is 0 Å². The molecule has 1 aromatic rings. The Morgan fingerprint density at radius 2 is 1.60 bits per heavy atom. The van der Waals surface area contributed by atoms with Gasteiger partial charge in [-0.05, 0) is 37.1 Å². The molecule has 0 spiro atoms. The van der Waals surface area contributed by atoms with Crippen LogP contribution in [0.3, 0.4) is 0 Å². The Bertz CT molecular complexity index is 566. The van der Waals surface area contributed by atoms with E-state index in [4.69, 9.17) is 4.74 Å². The Kier molecular flexibility index (Phi) is 7.21. The highest BCUT2D eigenvalue weighted by molar-refractivity contribution is 5.93. The van der Waals surface area contributed by atoms with Gasteiger partial charge >= 0.3 is 6.03 Å². The highest BCUT2D eigenvalue weighted by Crippen LogP contribution is 2.26. The summed E-state index contributed by atoms with van der Waals surface area (Å²) < 4.78 is 4.75. The standard InChI is InChI=1S/C18H27N3O4/c1-25-12-16(22)20-14-6-8-15(9-7-14)21-17(23)19-13-18(24)10-4-2-3-5-11-18/h6-9,24H,2-5,10-13H2,1H3,(H,20,22)(H2,19,21,23). The maximum Gasteiger partial charge on any atom is 0.319 e. The van der Waals surface area contributed by atoms with E-state index in [1.165, 1.54) is 7.11 Å². The lowest BCUT2D eigenvalue weighted by molar-refractivity contribution is -0.119. The van der Waals surface area contributed by atoms with Gasteiger partial charge in [-0.25, -0.2) is 4.79 Å². The topological polar surface area (TPSA) is 99.7 Å². The zero-order valence-electron chi connectivity index (χ0n) is 14.6. The number of ether oxygens (including phenoxy) is 1. The SMILES string of the molecule is COCC(=O)Nc1ccc(NC(=O)NCC2(O)CCCCCC2)cc1. The van der Waals surface area contributed by atoms with Crippen LogP contribution in [-0.4, -0.2) is 42.9 Å². The van der Waals surface area contributed by atoms with Gasteiger partial charge in [0.1, 0.15) is 6.61 Å². The second-order valence-electron chi connectivity index (χ2n) is 6.50. The molecule has 0 unspecified atom stereocenters. The largest absolute Gasteiger partial charge is 0.388 e. The minimum Gasteiger partial charge on any atom is -0.388 e. The summed E-state index contributed by atoms with van der Waals surface area (Å²) in [5.41, 5.74) is 0.430. The predicted molar refractivity (Wildman–Crippen MR) is 96.6 cm³/mol. The monoisotopic (exact) mass is 349 g/mol. The number of hydrogen-bond donors (Lipinski definition) is 4. The lowest BCUT2D eigenvalue weighted by Crippen LogP contribution is -2.44. The average molecular weight is 349 g/mol. The van der Waals surface area contributed by atoms with E-state index in [0.29, 0.717) is 11.4 Å². The Labute approximate surface area is 148 Å². The van der Waals surface area contributed by atoms with Gasteiger partial charge < -0.3 is 25.8 Å². The van der Waals surface area contributed by atoms with E-state index >= 15 is 0 Å². The van der Waals surface area contributed by atoms with Gasteiger partial charge in [-0.1, -0.05) is 25.7 Å². The second kappa shape index (κ2) is 9.39. The molecule has 4 N–H and O–H groups in total. The molecule has 1 fully saturated rings. The van der Waals surface area contributed by atoms with Crippen LogP contribution < -0.4 is 16.0 Å². The minimum atomic E-state index is -0.802. The zero-order chi connectivity index (χ0) is 18.1. The molecule has 0 heterocycles. The Morgan fingerprint density at radius 1 is 1.04 bits per heavy atom. The highest BCUT2D eigenvalue weighted by Gasteiger charge is 2.28. The highest BCUT2D eigenvalue weighted by atomic mass is 16.5. The molecular weight excluding hydrogens is 322 g/mol. The molecule has 1 aliphatic carbocycles. The lowest BCUT2D eigenvalue weighted by atomic mass is 9.95. The van der Waals surface area contributed by atoms with E-state index in [1.54, 1.807) is 24.3 Å². The van der Waals surface area contributed by atoms with Crippen LogP contribution >= 0.6 is 0 Å². The summed E-state index contributed by atoms with van der Waals surface area (Å²) in [4.78, 5) is 23.4. The lowest BCUT2D eigenvalue weighted by Gasteiger charge is -2.26. The molecule has 3 amide bonds. The number of aliphatic hydroxyl groups is 1. The molecular formula is C18H27N3O4. The summed E-state index contributed by atoms with van der Waals surface area (Å²) in [6.07, 6.45) is 5.72. The number of carbonyl (C=O) groups excluding carboxylic acids is 2. The first-order valence-corrected chi connectivity index (χ1v) is 8.67. The predicted octanol–water partition coefficient (Wildman–Crippen LogP) is 2.48. The van der Waals surface area contributed by atoms with E-state index in [0.717, 1.165) is 38.5 Å². The Hall–Kier alpha value is -2.12. The quantitative estimate of drug-likeness (QED) is 0.593. The number of carbonyl (C=O) groups is 2. The third-order valence-corrected chi connectivity index (χ3v) is 4.31.